The van der Waals surface area contributed by atoms with Gasteiger partial charge in [-0.1, -0.05) is 26.0 Å². The van der Waals surface area contributed by atoms with Crippen LogP contribution in [0.3, 0.4) is 0 Å². The Labute approximate surface area is 134 Å². The van der Waals surface area contributed by atoms with E-state index in [0.29, 0.717) is 5.75 Å². The standard InChI is InChI=1S/C18H17N3O2/c1-12(2)18(22)23-14-9-7-13(8-10-14)21-17-15-5-3-4-6-16(15)19-11-20-17/h3-12H,1-2H3,(H,19,20,21). The third-order valence-electron chi connectivity index (χ3n) is 3.35. The fourth-order valence-electron chi connectivity index (χ4n) is 2.08. The van der Waals surface area contributed by atoms with Crippen molar-refractivity contribution in [3.63, 3.8) is 0 Å². The molecule has 5 nitrogen and oxygen atoms in total. The first kappa shape index (κ1) is 15.0. The fourth-order valence-corrected chi connectivity index (χ4v) is 2.08. The van der Waals surface area contributed by atoms with Crippen molar-refractivity contribution in [2.45, 2.75) is 13.8 Å². The number of anilines is 2. The number of aromatic nitrogens is 2. The molecule has 0 aliphatic rings. The van der Waals surface area contributed by atoms with Crippen molar-refractivity contribution in [1.82, 2.24) is 9.97 Å². The van der Waals surface area contributed by atoms with E-state index in [1.54, 1.807) is 26.0 Å². The van der Waals surface area contributed by atoms with Gasteiger partial charge in [0.1, 0.15) is 17.9 Å². The summed E-state index contributed by atoms with van der Waals surface area (Å²) in [6.07, 6.45) is 1.53. The molecular weight excluding hydrogens is 290 g/mol. The van der Waals surface area contributed by atoms with Gasteiger partial charge < -0.3 is 10.1 Å². The van der Waals surface area contributed by atoms with Crippen molar-refractivity contribution >= 4 is 28.4 Å². The molecule has 1 heterocycles. The maximum Gasteiger partial charge on any atom is 0.313 e. The Morgan fingerprint density at radius 3 is 2.52 bits per heavy atom. The smallest absolute Gasteiger partial charge is 0.313 e. The first-order chi connectivity index (χ1) is 11.1. The lowest BCUT2D eigenvalue weighted by Gasteiger charge is -2.10. The minimum atomic E-state index is -0.243. The number of rotatable bonds is 4. The van der Waals surface area contributed by atoms with Gasteiger partial charge in [0.25, 0.3) is 0 Å². The van der Waals surface area contributed by atoms with Gasteiger partial charge >= 0.3 is 5.97 Å². The van der Waals surface area contributed by atoms with Crippen LogP contribution in [-0.2, 0) is 4.79 Å². The Hall–Kier alpha value is -2.95. The van der Waals surface area contributed by atoms with Gasteiger partial charge in [-0.25, -0.2) is 9.97 Å². The molecule has 116 valence electrons. The molecule has 0 spiro atoms. The van der Waals surface area contributed by atoms with Crippen LogP contribution in [0.4, 0.5) is 11.5 Å². The highest BCUT2D eigenvalue weighted by molar-refractivity contribution is 5.90. The highest BCUT2D eigenvalue weighted by atomic mass is 16.5. The van der Waals surface area contributed by atoms with Crippen LogP contribution in [-0.4, -0.2) is 15.9 Å². The van der Waals surface area contributed by atoms with E-state index in [2.05, 4.69) is 15.3 Å². The van der Waals surface area contributed by atoms with Crippen molar-refractivity contribution in [2.75, 3.05) is 5.32 Å². The number of para-hydroxylation sites is 1. The van der Waals surface area contributed by atoms with Crippen LogP contribution >= 0.6 is 0 Å². The Morgan fingerprint density at radius 2 is 1.78 bits per heavy atom. The van der Waals surface area contributed by atoms with Gasteiger partial charge in [0, 0.05) is 11.1 Å². The normalized spacial score (nSPS) is 10.7. The summed E-state index contributed by atoms with van der Waals surface area (Å²) >= 11 is 0. The number of benzene rings is 2. The molecule has 0 amide bonds. The molecule has 0 bridgehead atoms. The van der Waals surface area contributed by atoms with Gasteiger partial charge in [0.2, 0.25) is 0 Å². The van der Waals surface area contributed by atoms with Crippen LogP contribution in [0.2, 0.25) is 0 Å². The van der Waals surface area contributed by atoms with Crippen LogP contribution in [0, 0.1) is 5.92 Å². The number of fused-ring (bicyclic) bond motifs is 1. The molecule has 0 atom stereocenters. The molecule has 3 rings (SSSR count). The summed E-state index contributed by atoms with van der Waals surface area (Å²) in [5, 5.41) is 4.21. The monoisotopic (exact) mass is 307 g/mol. The Balaban J connectivity index is 1.79. The van der Waals surface area contributed by atoms with E-state index in [4.69, 9.17) is 4.74 Å². The second-order valence-corrected chi connectivity index (χ2v) is 5.46. The predicted octanol–water partition coefficient (Wildman–Crippen LogP) is 3.93. The third-order valence-corrected chi connectivity index (χ3v) is 3.35. The molecule has 2 aromatic carbocycles. The van der Waals surface area contributed by atoms with Gasteiger partial charge in [-0.3, -0.25) is 4.79 Å². The minimum Gasteiger partial charge on any atom is -0.426 e. The molecule has 0 fully saturated rings. The maximum atomic E-state index is 11.6. The van der Waals surface area contributed by atoms with Crippen LogP contribution in [0.15, 0.2) is 54.9 Å². The minimum absolute atomic E-state index is 0.153. The molecule has 3 aromatic rings. The lowest BCUT2D eigenvalue weighted by Crippen LogP contribution is -2.14. The third kappa shape index (κ3) is 3.45. The largest absolute Gasteiger partial charge is 0.426 e. The Bertz CT molecular complexity index is 824. The average molecular weight is 307 g/mol. The van der Waals surface area contributed by atoms with Crippen LogP contribution in [0.1, 0.15) is 13.8 Å². The topological polar surface area (TPSA) is 64.1 Å². The number of nitrogens with one attached hydrogen (secondary N) is 1. The molecule has 0 aliphatic heterocycles. The van der Waals surface area contributed by atoms with E-state index >= 15 is 0 Å². The van der Waals surface area contributed by atoms with E-state index in [9.17, 15) is 4.79 Å². The average Bonchev–Trinajstić information content (AvgIpc) is 2.57. The summed E-state index contributed by atoms with van der Waals surface area (Å²) in [5.74, 6) is 0.872. The lowest BCUT2D eigenvalue weighted by molar-refractivity contribution is -0.137. The molecule has 1 aromatic heterocycles. The number of esters is 1. The molecular formula is C18H17N3O2. The molecule has 0 radical (unpaired) electrons. The second kappa shape index (κ2) is 6.44. The molecule has 0 saturated carbocycles. The number of nitrogens with zero attached hydrogens (tertiary/aromatic N) is 2. The van der Waals surface area contributed by atoms with E-state index in [0.717, 1.165) is 22.4 Å². The van der Waals surface area contributed by atoms with E-state index in [1.807, 2.05) is 36.4 Å². The highest BCUT2D eigenvalue weighted by Crippen LogP contribution is 2.24. The van der Waals surface area contributed by atoms with Gasteiger partial charge in [0.05, 0.1) is 11.4 Å². The number of carbonyl (C=O) groups is 1. The van der Waals surface area contributed by atoms with Crippen molar-refractivity contribution in [2.24, 2.45) is 5.92 Å². The molecule has 0 unspecified atom stereocenters. The SMILES string of the molecule is CC(C)C(=O)Oc1ccc(Nc2ncnc3ccccc23)cc1. The molecule has 0 aliphatic carbocycles. The predicted molar refractivity (Wildman–Crippen MR) is 89.7 cm³/mol. The Morgan fingerprint density at radius 1 is 1.04 bits per heavy atom. The summed E-state index contributed by atoms with van der Waals surface area (Å²) in [5.41, 5.74) is 1.74. The number of hydrogen-bond donors (Lipinski definition) is 1. The second-order valence-electron chi connectivity index (χ2n) is 5.46. The summed E-state index contributed by atoms with van der Waals surface area (Å²) in [6, 6.07) is 15.0. The lowest BCUT2D eigenvalue weighted by atomic mass is 10.2. The number of hydrogen-bond acceptors (Lipinski definition) is 5. The van der Waals surface area contributed by atoms with Gasteiger partial charge in [-0.05, 0) is 36.4 Å². The van der Waals surface area contributed by atoms with Crippen LogP contribution in [0.5, 0.6) is 5.75 Å². The van der Waals surface area contributed by atoms with E-state index in [1.165, 1.54) is 6.33 Å². The molecule has 5 heteroatoms. The summed E-state index contributed by atoms with van der Waals surface area (Å²) in [4.78, 5) is 20.1. The molecule has 23 heavy (non-hydrogen) atoms. The van der Waals surface area contributed by atoms with Crippen molar-refractivity contribution < 1.29 is 9.53 Å². The molecule has 1 N–H and O–H groups in total. The maximum absolute atomic E-state index is 11.6. The summed E-state index contributed by atoms with van der Waals surface area (Å²) < 4.78 is 5.26. The number of ether oxygens (including phenoxy) is 1. The van der Waals surface area contributed by atoms with Crippen LogP contribution in [0.25, 0.3) is 10.9 Å². The first-order valence-electron chi connectivity index (χ1n) is 7.42. The quantitative estimate of drug-likeness (QED) is 0.584. The van der Waals surface area contributed by atoms with Gasteiger partial charge in [-0.2, -0.15) is 0 Å². The van der Waals surface area contributed by atoms with E-state index in [-0.39, 0.29) is 11.9 Å². The van der Waals surface area contributed by atoms with Crippen LogP contribution < -0.4 is 10.1 Å². The van der Waals surface area contributed by atoms with Crippen molar-refractivity contribution in [3.8, 4) is 5.75 Å². The highest BCUT2D eigenvalue weighted by Gasteiger charge is 2.09. The summed E-state index contributed by atoms with van der Waals surface area (Å²) in [7, 11) is 0. The zero-order chi connectivity index (χ0) is 16.2. The van der Waals surface area contributed by atoms with Gasteiger partial charge in [-0.15, -0.1) is 0 Å². The Kier molecular flexibility index (Phi) is 4.19. The first-order valence-corrected chi connectivity index (χ1v) is 7.42. The zero-order valence-corrected chi connectivity index (χ0v) is 13.0. The van der Waals surface area contributed by atoms with Crippen molar-refractivity contribution in [3.05, 3.63) is 54.9 Å². The number of carbonyl (C=O) groups excluding carboxylic acids is 1. The summed E-state index contributed by atoms with van der Waals surface area (Å²) in [6.45, 7) is 3.61. The molecule has 0 saturated heterocycles. The van der Waals surface area contributed by atoms with Crippen molar-refractivity contribution in [1.29, 1.82) is 0 Å². The van der Waals surface area contributed by atoms with Gasteiger partial charge in [0.15, 0.2) is 0 Å². The van der Waals surface area contributed by atoms with E-state index < -0.39 is 0 Å². The zero-order valence-electron chi connectivity index (χ0n) is 13.0. The fraction of sp³-hybridized carbons (Fsp3) is 0.167.